The van der Waals surface area contributed by atoms with E-state index in [0.29, 0.717) is 10.7 Å². The summed E-state index contributed by atoms with van der Waals surface area (Å²) in [6, 6.07) is 8.40. The number of carbonyl (C=O) groups is 3. The molecule has 0 aromatic heterocycles. The number of anilines is 1. The number of ether oxygens (including phenoxy) is 2. The van der Waals surface area contributed by atoms with Crippen LogP contribution in [0.5, 0.6) is 0 Å². The van der Waals surface area contributed by atoms with Crippen molar-refractivity contribution in [2.45, 2.75) is 19.0 Å². The maximum atomic E-state index is 13.8. The number of aryl methyl sites for hydroxylation is 1. The topological polar surface area (TPSA) is 72.9 Å². The van der Waals surface area contributed by atoms with Crippen molar-refractivity contribution in [3.8, 4) is 0 Å². The van der Waals surface area contributed by atoms with Gasteiger partial charge in [-0.1, -0.05) is 47.0 Å². The molecule has 0 aliphatic carbocycles. The van der Waals surface area contributed by atoms with E-state index >= 15 is 0 Å². The largest absolute Gasteiger partial charge is 0.466 e. The number of fused-ring (bicyclic) bond motifs is 3. The predicted octanol–water partition coefficient (Wildman–Crippen LogP) is 4.41. The van der Waals surface area contributed by atoms with E-state index in [4.69, 9.17) is 32.7 Å². The van der Waals surface area contributed by atoms with E-state index < -0.39 is 29.8 Å². The summed E-state index contributed by atoms with van der Waals surface area (Å²) in [6.45, 7) is 1.96. The molecule has 0 saturated heterocycles. The zero-order valence-electron chi connectivity index (χ0n) is 17.5. The van der Waals surface area contributed by atoms with Crippen LogP contribution in [-0.2, 0) is 19.1 Å². The Morgan fingerprint density at radius 1 is 0.938 bits per heavy atom. The van der Waals surface area contributed by atoms with Crippen molar-refractivity contribution in [1.29, 1.82) is 0 Å². The van der Waals surface area contributed by atoms with Crippen molar-refractivity contribution < 1.29 is 23.9 Å². The molecule has 0 fully saturated rings. The van der Waals surface area contributed by atoms with Gasteiger partial charge in [0.2, 0.25) is 0 Å². The molecule has 4 rings (SSSR count). The van der Waals surface area contributed by atoms with Crippen molar-refractivity contribution >= 4 is 52.7 Å². The van der Waals surface area contributed by atoms with E-state index in [1.165, 1.54) is 26.4 Å². The fraction of sp³-hybridized carbons (Fsp3) is 0.208. The van der Waals surface area contributed by atoms with Gasteiger partial charge in [0.25, 0.3) is 0 Å². The first-order chi connectivity index (χ1) is 15.3. The Morgan fingerprint density at radius 2 is 1.62 bits per heavy atom. The van der Waals surface area contributed by atoms with Gasteiger partial charge in [0.05, 0.1) is 36.4 Å². The van der Waals surface area contributed by atoms with E-state index in [-0.39, 0.29) is 21.7 Å². The Kier molecular flexibility index (Phi) is 5.84. The summed E-state index contributed by atoms with van der Waals surface area (Å²) in [5.41, 5.74) is 2.76. The quantitative estimate of drug-likeness (QED) is 0.485. The highest BCUT2D eigenvalue weighted by Crippen LogP contribution is 2.43. The Labute approximate surface area is 195 Å². The summed E-state index contributed by atoms with van der Waals surface area (Å²) >= 11 is 12.3. The van der Waals surface area contributed by atoms with E-state index in [1.807, 2.05) is 31.2 Å². The maximum absolute atomic E-state index is 13.8. The van der Waals surface area contributed by atoms with Crippen LogP contribution in [0.15, 0.2) is 53.6 Å². The summed E-state index contributed by atoms with van der Waals surface area (Å²) in [6.07, 6.45) is 3.64. The van der Waals surface area contributed by atoms with Crippen molar-refractivity contribution in [1.82, 2.24) is 0 Å². The second kappa shape index (κ2) is 8.45. The van der Waals surface area contributed by atoms with Gasteiger partial charge < -0.3 is 14.4 Å². The fourth-order valence-corrected chi connectivity index (χ4v) is 4.73. The first-order valence-corrected chi connectivity index (χ1v) is 10.5. The standard InChI is InChI=1S/C24H19Cl2NO5/c1-12-4-8-17-13(10-12)5-9-18-19(23(29)31-2)20(24(30)32-3)21(27(17)18)22(28)15-7-6-14(25)11-16(15)26/h4-11,18,21H,1-3H3/t18-,21+/m1/s1. The minimum Gasteiger partial charge on any atom is -0.466 e. The average Bonchev–Trinajstić information content (AvgIpc) is 3.12. The van der Waals surface area contributed by atoms with Crippen LogP contribution in [0.1, 0.15) is 21.5 Å². The molecule has 2 aromatic rings. The average molecular weight is 472 g/mol. The van der Waals surface area contributed by atoms with Gasteiger partial charge in [-0.2, -0.15) is 0 Å². The molecule has 0 unspecified atom stereocenters. The third-order valence-electron chi connectivity index (χ3n) is 5.61. The number of rotatable bonds is 4. The lowest BCUT2D eigenvalue weighted by Crippen LogP contribution is -2.45. The molecule has 8 heteroatoms. The normalized spacial score (nSPS) is 18.8. The van der Waals surface area contributed by atoms with Gasteiger partial charge in [0.1, 0.15) is 6.04 Å². The molecule has 0 bridgehead atoms. The molecule has 0 spiro atoms. The van der Waals surface area contributed by atoms with E-state index in [2.05, 4.69) is 0 Å². The molecule has 2 aromatic carbocycles. The number of esters is 2. The van der Waals surface area contributed by atoms with Crippen LogP contribution in [0.25, 0.3) is 6.08 Å². The number of ketones is 1. The van der Waals surface area contributed by atoms with Crippen LogP contribution < -0.4 is 4.90 Å². The Hall–Kier alpha value is -3.09. The Morgan fingerprint density at radius 3 is 2.28 bits per heavy atom. The predicted molar refractivity (Wildman–Crippen MR) is 122 cm³/mol. The third kappa shape index (κ3) is 3.49. The highest BCUT2D eigenvalue weighted by atomic mass is 35.5. The lowest BCUT2D eigenvalue weighted by atomic mass is 9.95. The lowest BCUT2D eigenvalue weighted by molar-refractivity contribution is -0.139. The molecule has 0 radical (unpaired) electrons. The fourth-order valence-electron chi connectivity index (χ4n) is 4.23. The third-order valence-corrected chi connectivity index (χ3v) is 6.16. The number of methoxy groups -OCH3 is 2. The van der Waals surface area contributed by atoms with Gasteiger partial charge in [0, 0.05) is 16.3 Å². The monoisotopic (exact) mass is 471 g/mol. The number of hydrogen-bond acceptors (Lipinski definition) is 6. The summed E-state index contributed by atoms with van der Waals surface area (Å²) in [7, 11) is 2.43. The lowest BCUT2D eigenvalue weighted by Gasteiger charge is -2.35. The van der Waals surface area contributed by atoms with Gasteiger partial charge in [-0.15, -0.1) is 0 Å². The summed E-state index contributed by atoms with van der Waals surface area (Å²) in [4.78, 5) is 41.2. The van der Waals surface area contributed by atoms with Crippen LogP contribution in [0.3, 0.4) is 0 Å². The number of hydrogen-bond donors (Lipinski definition) is 0. The molecular formula is C24H19Cl2NO5. The van der Waals surface area contributed by atoms with E-state index in [0.717, 1.165) is 11.1 Å². The summed E-state index contributed by atoms with van der Waals surface area (Å²) in [5, 5.41) is 0.517. The van der Waals surface area contributed by atoms with Crippen LogP contribution in [-0.4, -0.2) is 44.0 Å². The first-order valence-electron chi connectivity index (χ1n) is 9.75. The van der Waals surface area contributed by atoms with Crippen LogP contribution in [0.4, 0.5) is 5.69 Å². The highest BCUT2D eigenvalue weighted by molar-refractivity contribution is 6.37. The molecule has 2 aliphatic heterocycles. The van der Waals surface area contributed by atoms with E-state index in [1.54, 1.807) is 17.0 Å². The van der Waals surface area contributed by atoms with Gasteiger partial charge in [0.15, 0.2) is 5.78 Å². The molecule has 6 nitrogen and oxygen atoms in total. The SMILES string of the molecule is COC(=O)C1=C(C(=O)OC)[C@H]2C=Cc3cc(C)ccc3N2[C@@H]1C(=O)c1ccc(Cl)cc1Cl. The van der Waals surface area contributed by atoms with Gasteiger partial charge in [-0.25, -0.2) is 9.59 Å². The number of Topliss-reactive ketones (excluding diaryl/α,β-unsaturated/α-hetero) is 1. The molecular weight excluding hydrogens is 453 g/mol. The Bertz CT molecular complexity index is 1220. The first kappa shape index (κ1) is 22.1. The summed E-state index contributed by atoms with van der Waals surface area (Å²) in [5.74, 6) is -1.96. The maximum Gasteiger partial charge on any atom is 0.336 e. The minimum atomic E-state index is -1.15. The van der Waals surface area contributed by atoms with Crippen LogP contribution in [0, 0.1) is 6.92 Å². The van der Waals surface area contributed by atoms with Gasteiger partial charge >= 0.3 is 11.9 Å². The van der Waals surface area contributed by atoms with Crippen molar-refractivity contribution in [3.05, 3.63) is 80.4 Å². The van der Waals surface area contributed by atoms with Crippen LogP contribution >= 0.6 is 23.2 Å². The highest BCUT2D eigenvalue weighted by Gasteiger charge is 2.51. The van der Waals surface area contributed by atoms with Crippen molar-refractivity contribution in [2.24, 2.45) is 0 Å². The van der Waals surface area contributed by atoms with Crippen LogP contribution in [0.2, 0.25) is 10.0 Å². The van der Waals surface area contributed by atoms with Crippen molar-refractivity contribution in [3.63, 3.8) is 0 Å². The number of benzene rings is 2. The molecule has 2 aliphatic rings. The van der Waals surface area contributed by atoms with E-state index in [9.17, 15) is 14.4 Å². The zero-order valence-corrected chi connectivity index (χ0v) is 19.0. The van der Waals surface area contributed by atoms with Gasteiger partial charge in [-0.3, -0.25) is 4.79 Å². The summed E-state index contributed by atoms with van der Waals surface area (Å²) < 4.78 is 9.94. The second-order valence-corrected chi connectivity index (χ2v) is 8.32. The zero-order chi connectivity index (χ0) is 23.2. The smallest absolute Gasteiger partial charge is 0.336 e. The molecule has 0 amide bonds. The molecule has 0 N–H and O–H groups in total. The molecule has 0 saturated carbocycles. The Balaban J connectivity index is 1.97. The number of halogens is 2. The molecule has 2 atom stereocenters. The number of nitrogens with zero attached hydrogens (tertiary/aromatic N) is 1. The minimum absolute atomic E-state index is 0.0604. The molecule has 164 valence electrons. The van der Waals surface area contributed by atoms with Gasteiger partial charge in [-0.05, 0) is 42.8 Å². The number of carbonyl (C=O) groups excluding carboxylic acids is 3. The second-order valence-electron chi connectivity index (χ2n) is 7.47. The molecule has 2 heterocycles. The molecule has 32 heavy (non-hydrogen) atoms. The van der Waals surface area contributed by atoms with Crippen molar-refractivity contribution in [2.75, 3.05) is 19.1 Å².